The van der Waals surface area contributed by atoms with Gasteiger partial charge in [0.25, 0.3) is 5.91 Å². The molecule has 1 fully saturated rings. The summed E-state index contributed by atoms with van der Waals surface area (Å²) < 4.78 is 14.5. The summed E-state index contributed by atoms with van der Waals surface area (Å²) >= 11 is 0. The van der Waals surface area contributed by atoms with Crippen molar-refractivity contribution in [1.82, 2.24) is 10.2 Å². The van der Waals surface area contributed by atoms with Gasteiger partial charge in [0.05, 0.1) is 19.1 Å². The lowest BCUT2D eigenvalue weighted by molar-refractivity contribution is -0.0478. The van der Waals surface area contributed by atoms with Crippen LogP contribution in [0.15, 0.2) is 17.2 Å². The van der Waals surface area contributed by atoms with Crippen LogP contribution < -0.4 is 5.32 Å². The Hall–Kier alpha value is -2.19. The van der Waals surface area contributed by atoms with Gasteiger partial charge in [0.2, 0.25) is 0 Å². The Bertz CT molecular complexity index is 691. The molecule has 23 heavy (non-hydrogen) atoms. The van der Waals surface area contributed by atoms with Gasteiger partial charge in [-0.2, -0.15) is 0 Å². The number of hydrogen-bond acceptors (Lipinski definition) is 5. The molecule has 0 saturated carbocycles. The fourth-order valence-electron chi connectivity index (χ4n) is 3.12. The highest BCUT2D eigenvalue weighted by Gasteiger charge is 2.40. The van der Waals surface area contributed by atoms with E-state index in [1.165, 1.54) is 17.0 Å². The predicted octanol–water partition coefficient (Wildman–Crippen LogP) is 0.981. The average molecular weight is 321 g/mol. The van der Waals surface area contributed by atoms with E-state index in [0.29, 0.717) is 12.8 Å². The van der Waals surface area contributed by atoms with Crippen LogP contribution in [0, 0.1) is 5.82 Å². The van der Waals surface area contributed by atoms with E-state index in [2.05, 4.69) is 15.3 Å². The SMILES string of the molecule is [N-]=[N+]=NCc1ccc2c(c1F)CN(C1CCC(O)NC1O)C2=O. The third-order valence-corrected chi connectivity index (χ3v) is 4.31. The first-order valence-electron chi connectivity index (χ1n) is 7.27. The molecular formula is C14H16FN5O3. The van der Waals surface area contributed by atoms with Gasteiger partial charge in [-0.15, -0.1) is 0 Å². The van der Waals surface area contributed by atoms with Crippen LogP contribution in [0.5, 0.6) is 0 Å². The Morgan fingerprint density at radius 2 is 2.22 bits per heavy atom. The molecule has 9 heteroatoms. The van der Waals surface area contributed by atoms with Crippen molar-refractivity contribution in [2.45, 2.75) is 44.4 Å². The average Bonchev–Trinajstić information content (AvgIpc) is 2.85. The van der Waals surface area contributed by atoms with E-state index in [-0.39, 0.29) is 35.7 Å². The number of azide groups is 1. The summed E-state index contributed by atoms with van der Waals surface area (Å²) in [6, 6.07) is 2.42. The van der Waals surface area contributed by atoms with Crippen LogP contribution in [0.1, 0.15) is 34.3 Å². The molecule has 3 rings (SSSR count). The minimum atomic E-state index is -1.07. The molecule has 0 aromatic heterocycles. The first kappa shape index (κ1) is 15.7. The van der Waals surface area contributed by atoms with E-state index in [1.807, 2.05) is 0 Å². The van der Waals surface area contributed by atoms with Crippen molar-refractivity contribution in [3.63, 3.8) is 0 Å². The number of halogens is 1. The van der Waals surface area contributed by atoms with Crippen molar-refractivity contribution in [3.05, 3.63) is 45.1 Å². The number of hydrogen-bond donors (Lipinski definition) is 3. The molecule has 1 saturated heterocycles. The van der Waals surface area contributed by atoms with Gasteiger partial charge in [0.15, 0.2) is 0 Å². The topological polar surface area (TPSA) is 122 Å². The molecule has 3 atom stereocenters. The van der Waals surface area contributed by atoms with Crippen molar-refractivity contribution in [3.8, 4) is 0 Å². The number of fused-ring (bicyclic) bond motifs is 1. The van der Waals surface area contributed by atoms with E-state index < -0.39 is 24.3 Å². The Labute approximate surface area is 131 Å². The number of benzene rings is 1. The smallest absolute Gasteiger partial charge is 0.255 e. The van der Waals surface area contributed by atoms with E-state index in [4.69, 9.17) is 5.53 Å². The molecule has 0 spiro atoms. The molecule has 1 aromatic rings. The summed E-state index contributed by atoms with van der Waals surface area (Å²) in [5.41, 5.74) is 9.07. The molecular weight excluding hydrogens is 305 g/mol. The third kappa shape index (κ3) is 2.75. The van der Waals surface area contributed by atoms with E-state index >= 15 is 0 Å². The van der Waals surface area contributed by atoms with E-state index in [0.717, 1.165) is 0 Å². The maximum Gasteiger partial charge on any atom is 0.255 e. The number of nitrogens with one attached hydrogen (secondary N) is 1. The number of aliphatic hydroxyl groups excluding tert-OH is 2. The summed E-state index contributed by atoms with van der Waals surface area (Å²) in [4.78, 5) is 16.5. The van der Waals surface area contributed by atoms with Gasteiger partial charge in [0, 0.05) is 16.0 Å². The van der Waals surface area contributed by atoms with Gasteiger partial charge < -0.3 is 15.1 Å². The van der Waals surface area contributed by atoms with Crippen molar-refractivity contribution in [1.29, 1.82) is 0 Å². The van der Waals surface area contributed by atoms with Crippen LogP contribution in [0.4, 0.5) is 4.39 Å². The third-order valence-electron chi connectivity index (χ3n) is 4.31. The molecule has 1 aromatic carbocycles. The van der Waals surface area contributed by atoms with E-state index in [1.54, 1.807) is 0 Å². The van der Waals surface area contributed by atoms with Crippen LogP contribution in [0.2, 0.25) is 0 Å². The molecule has 0 radical (unpaired) electrons. The van der Waals surface area contributed by atoms with Crippen molar-refractivity contribution in [2.24, 2.45) is 5.11 Å². The molecule has 3 unspecified atom stereocenters. The number of nitrogens with zero attached hydrogens (tertiary/aromatic N) is 4. The van der Waals surface area contributed by atoms with Crippen LogP contribution in [-0.4, -0.2) is 39.5 Å². The highest BCUT2D eigenvalue weighted by molar-refractivity contribution is 5.98. The number of amides is 1. The molecule has 2 aliphatic heterocycles. The number of carbonyl (C=O) groups excluding carboxylic acids is 1. The lowest BCUT2D eigenvalue weighted by atomic mass is 10.0. The molecule has 122 valence electrons. The maximum absolute atomic E-state index is 14.5. The van der Waals surface area contributed by atoms with Crippen molar-refractivity contribution in [2.75, 3.05) is 0 Å². The Morgan fingerprint density at radius 3 is 2.91 bits per heavy atom. The van der Waals surface area contributed by atoms with E-state index in [9.17, 15) is 19.4 Å². The van der Waals surface area contributed by atoms with Gasteiger partial charge in [-0.05, 0) is 30.0 Å². The van der Waals surface area contributed by atoms with Gasteiger partial charge >= 0.3 is 0 Å². The van der Waals surface area contributed by atoms with Crippen molar-refractivity contribution < 1.29 is 19.4 Å². The number of carbonyl (C=O) groups is 1. The lowest BCUT2D eigenvalue weighted by Gasteiger charge is -2.37. The summed E-state index contributed by atoms with van der Waals surface area (Å²) in [5, 5.41) is 25.4. The Morgan fingerprint density at radius 1 is 1.43 bits per heavy atom. The number of aliphatic hydroxyl groups is 2. The highest BCUT2D eigenvalue weighted by atomic mass is 19.1. The van der Waals surface area contributed by atoms with Gasteiger partial charge in [-0.3, -0.25) is 10.1 Å². The second kappa shape index (κ2) is 6.13. The molecule has 0 bridgehead atoms. The summed E-state index contributed by atoms with van der Waals surface area (Å²) in [5.74, 6) is -0.902. The number of rotatable bonds is 3. The zero-order valence-electron chi connectivity index (χ0n) is 12.2. The molecule has 2 aliphatic rings. The zero-order chi connectivity index (χ0) is 16.6. The second-order valence-electron chi connectivity index (χ2n) is 5.66. The number of piperidine rings is 1. The summed E-state index contributed by atoms with van der Waals surface area (Å²) in [7, 11) is 0. The monoisotopic (exact) mass is 321 g/mol. The van der Waals surface area contributed by atoms with Gasteiger partial charge in [-0.1, -0.05) is 11.2 Å². The fourth-order valence-corrected chi connectivity index (χ4v) is 3.12. The molecule has 1 amide bonds. The highest BCUT2D eigenvalue weighted by Crippen LogP contribution is 2.31. The van der Waals surface area contributed by atoms with Gasteiger partial charge in [-0.25, -0.2) is 4.39 Å². The van der Waals surface area contributed by atoms with Crippen molar-refractivity contribution >= 4 is 5.91 Å². The molecule has 3 N–H and O–H groups in total. The maximum atomic E-state index is 14.5. The quantitative estimate of drug-likeness (QED) is 0.436. The lowest BCUT2D eigenvalue weighted by Crippen LogP contribution is -2.56. The molecule has 2 heterocycles. The molecule has 8 nitrogen and oxygen atoms in total. The summed E-state index contributed by atoms with van der Waals surface area (Å²) in [6.45, 7) is -0.0762. The first-order valence-corrected chi connectivity index (χ1v) is 7.27. The Kier molecular flexibility index (Phi) is 4.18. The minimum absolute atomic E-state index is 0.0452. The fraction of sp³-hybridized carbons (Fsp3) is 0.500. The largest absolute Gasteiger partial charge is 0.379 e. The second-order valence-corrected chi connectivity index (χ2v) is 5.66. The predicted molar refractivity (Wildman–Crippen MR) is 77.3 cm³/mol. The van der Waals surface area contributed by atoms with Crippen LogP contribution in [0.3, 0.4) is 0 Å². The molecule has 0 aliphatic carbocycles. The standard InChI is InChI=1S/C14H16FN5O3/c15-12-7(5-17-19-16)1-2-8-9(12)6-20(14(8)23)10-3-4-11(21)18-13(10)22/h1-2,10-11,13,18,21-22H,3-6H2. The van der Waals surface area contributed by atoms with Crippen LogP contribution in [-0.2, 0) is 13.1 Å². The van der Waals surface area contributed by atoms with Crippen LogP contribution >= 0.6 is 0 Å². The zero-order valence-corrected chi connectivity index (χ0v) is 12.2. The first-order chi connectivity index (χ1) is 11.0. The Balaban J connectivity index is 1.87. The van der Waals surface area contributed by atoms with Crippen LogP contribution in [0.25, 0.3) is 10.4 Å². The van der Waals surface area contributed by atoms with Gasteiger partial charge in [0.1, 0.15) is 18.3 Å². The normalized spacial score (nSPS) is 26.8. The minimum Gasteiger partial charge on any atom is -0.379 e. The summed E-state index contributed by atoms with van der Waals surface area (Å²) in [6.07, 6.45) is -1.06.